The summed E-state index contributed by atoms with van der Waals surface area (Å²) in [6, 6.07) is 6.97. The van der Waals surface area contributed by atoms with Crippen LogP contribution in [0.1, 0.15) is 12.0 Å². The molecule has 0 aliphatic carbocycles. The molecule has 132 valence electrons. The Bertz CT molecular complexity index is 568. The number of hydrogen-bond acceptors (Lipinski definition) is 5. The normalized spacial score (nSPS) is 11.6. The summed E-state index contributed by atoms with van der Waals surface area (Å²) >= 11 is 4.83. The summed E-state index contributed by atoms with van der Waals surface area (Å²) in [6.07, 6.45) is 0.111. The minimum Gasteiger partial charge on any atom is -0.480 e. The van der Waals surface area contributed by atoms with Gasteiger partial charge in [-0.25, -0.2) is 0 Å². The Morgan fingerprint density at radius 3 is 2.50 bits per heavy atom. The molecule has 0 unspecified atom stereocenters. The van der Waals surface area contributed by atoms with Gasteiger partial charge in [0.25, 0.3) is 0 Å². The van der Waals surface area contributed by atoms with Crippen molar-refractivity contribution in [2.45, 2.75) is 18.2 Å². The van der Waals surface area contributed by atoms with E-state index < -0.39 is 24.5 Å². The van der Waals surface area contributed by atoms with Crippen LogP contribution in [0.15, 0.2) is 28.7 Å². The molecule has 9 heteroatoms. The molecule has 1 aromatic carbocycles. The number of nitrogens with one attached hydrogen (secondary N) is 2. The SMILES string of the molecule is NCCC(=O)N[C@@H](CSCc1ccc(Br)cc1)C(=O)NCC(=O)O. The Morgan fingerprint density at radius 2 is 1.92 bits per heavy atom. The Hall–Kier alpha value is -1.58. The number of nitrogens with two attached hydrogens (primary N) is 1. The highest BCUT2D eigenvalue weighted by molar-refractivity contribution is 9.10. The fourth-order valence-corrected chi connectivity index (χ4v) is 3.02. The molecule has 5 N–H and O–H groups in total. The van der Waals surface area contributed by atoms with Gasteiger partial charge in [0.15, 0.2) is 0 Å². The number of carboxylic acid groups (broad SMARTS) is 1. The minimum absolute atomic E-state index is 0.111. The van der Waals surface area contributed by atoms with Crippen molar-refractivity contribution in [1.29, 1.82) is 0 Å². The Balaban J connectivity index is 2.55. The summed E-state index contributed by atoms with van der Waals surface area (Å²) in [5, 5.41) is 13.5. The number of amides is 2. The monoisotopic (exact) mass is 417 g/mol. The first-order valence-electron chi connectivity index (χ1n) is 7.23. The maximum absolute atomic E-state index is 12.0. The zero-order valence-corrected chi connectivity index (χ0v) is 15.4. The van der Waals surface area contributed by atoms with Crippen LogP contribution in [0, 0.1) is 0 Å². The number of carbonyl (C=O) groups excluding carboxylic acids is 2. The van der Waals surface area contributed by atoms with Gasteiger partial charge in [0.2, 0.25) is 11.8 Å². The van der Waals surface area contributed by atoms with E-state index in [0.717, 1.165) is 10.0 Å². The summed E-state index contributed by atoms with van der Waals surface area (Å²) < 4.78 is 0.983. The smallest absolute Gasteiger partial charge is 0.322 e. The van der Waals surface area contributed by atoms with E-state index in [1.54, 1.807) is 0 Å². The molecule has 0 bridgehead atoms. The first-order valence-corrected chi connectivity index (χ1v) is 9.18. The summed E-state index contributed by atoms with van der Waals surface area (Å²) in [5.74, 6) is -0.998. The quantitative estimate of drug-likeness (QED) is 0.444. The fourth-order valence-electron chi connectivity index (χ4n) is 1.74. The van der Waals surface area contributed by atoms with E-state index in [9.17, 15) is 14.4 Å². The number of carbonyl (C=O) groups is 3. The molecule has 24 heavy (non-hydrogen) atoms. The number of thioether (sulfide) groups is 1. The second-order valence-electron chi connectivity index (χ2n) is 4.91. The second kappa shape index (κ2) is 11.1. The Labute approximate surface area is 152 Å². The zero-order chi connectivity index (χ0) is 17.9. The molecule has 0 aliphatic rings. The molecule has 0 saturated carbocycles. The third-order valence-corrected chi connectivity index (χ3v) is 4.54. The molecule has 1 aromatic rings. The molecule has 0 aliphatic heterocycles. The molecular formula is C15H20BrN3O4S. The summed E-state index contributed by atoms with van der Waals surface area (Å²) in [6.45, 7) is -0.305. The summed E-state index contributed by atoms with van der Waals surface area (Å²) in [5.41, 5.74) is 6.40. The van der Waals surface area contributed by atoms with Crippen LogP contribution in [-0.2, 0) is 20.1 Å². The molecule has 0 saturated heterocycles. The highest BCUT2D eigenvalue weighted by Gasteiger charge is 2.21. The van der Waals surface area contributed by atoms with Crippen molar-refractivity contribution in [3.63, 3.8) is 0 Å². The van der Waals surface area contributed by atoms with Gasteiger partial charge in [-0.2, -0.15) is 11.8 Å². The summed E-state index contributed by atoms with van der Waals surface area (Å²) in [4.78, 5) is 34.2. The average Bonchev–Trinajstić information content (AvgIpc) is 2.53. The average molecular weight is 418 g/mol. The standard InChI is InChI=1S/C15H20BrN3O4S/c16-11-3-1-10(2-4-11)8-24-9-12(19-13(20)5-6-17)15(23)18-7-14(21)22/h1-4,12H,5-9,17H2,(H,18,23)(H,19,20)(H,21,22)/t12-/m0/s1. The van der Waals surface area contributed by atoms with Crippen LogP contribution in [0.5, 0.6) is 0 Å². The predicted octanol–water partition coefficient (Wildman–Crippen LogP) is 0.717. The maximum atomic E-state index is 12.0. The molecule has 0 fully saturated rings. The Morgan fingerprint density at radius 1 is 1.25 bits per heavy atom. The van der Waals surface area contributed by atoms with Gasteiger partial charge in [-0.05, 0) is 17.7 Å². The van der Waals surface area contributed by atoms with E-state index in [4.69, 9.17) is 10.8 Å². The molecule has 2 amide bonds. The van der Waals surface area contributed by atoms with Gasteiger partial charge < -0.3 is 21.5 Å². The van der Waals surface area contributed by atoms with Gasteiger partial charge in [0.1, 0.15) is 12.6 Å². The minimum atomic E-state index is -1.14. The molecule has 0 aromatic heterocycles. The maximum Gasteiger partial charge on any atom is 0.322 e. The van der Waals surface area contributed by atoms with Crippen LogP contribution < -0.4 is 16.4 Å². The molecule has 1 atom stereocenters. The van der Waals surface area contributed by atoms with Crippen molar-refractivity contribution in [3.05, 3.63) is 34.3 Å². The van der Waals surface area contributed by atoms with Crippen molar-refractivity contribution in [2.75, 3.05) is 18.8 Å². The first kappa shape index (κ1) is 20.5. The second-order valence-corrected chi connectivity index (χ2v) is 6.86. The predicted molar refractivity (Wildman–Crippen MR) is 96.6 cm³/mol. The van der Waals surface area contributed by atoms with Gasteiger partial charge in [0.05, 0.1) is 0 Å². The third-order valence-electron chi connectivity index (χ3n) is 2.90. The number of rotatable bonds is 10. The lowest BCUT2D eigenvalue weighted by Gasteiger charge is -2.17. The van der Waals surface area contributed by atoms with Crippen LogP contribution in [0.2, 0.25) is 0 Å². The van der Waals surface area contributed by atoms with E-state index in [1.807, 2.05) is 24.3 Å². The van der Waals surface area contributed by atoms with Crippen LogP contribution in [-0.4, -0.2) is 47.8 Å². The molecule has 7 nitrogen and oxygen atoms in total. The molecule has 0 spiro atoms. The number of halogens is 1. The van der Waals surface area contributed by atoms with Crippen molar-refractivity contribution >= 4 is 45.5 Å². The van der Waals surface area contributed by atoms with Crippen molar-refractivity contribution in [2.24, 2.45) is 5.73 Å². The zero-order valence-electron chi connectivity index (χ0n) is 13.0. The van der Waals surface area contributed by atoms with Crippen molar-refractivity contribution in [1.82, 2.24) is 10.6 Å². The van der Waals surface area contributed by atoms with Crippen LogP contribution in [0.25, 0.3) is 0 Å². The third kappa shape index (κ3) is 8.32. The van der Waals surface area contributed by atoms with E-state index in [0.29, 0.717) is 11.5 Å². The van der Waals surface area contributed by atoms with Gasteiger partial charge in [-0.1, -0.05) is 28.1 Å². The van der Waals surface area contributed by atoms with E-state index in [1.165, 1.54) is 11.8 Å². The largest absolute Gasteiger partial charge is 0.480 e. The molecule has 0 heterocycles. The van der Waals surface area contributed by atoms with Gasteiger partial charge >= 0.3 is 5.97 Å². The molecule has 0 radical (unpaired) electrons. The lowest BCUT2D eigenvalue weighted by atomic mass is 10.2. The van der Waals surface area contributed by atoms with Crippen molar-refractivity contribution < 1.29 is 19.5 Å². The van der Waals surface area contributed by atoms with Gasteiger partial charge in [0, 0.05) is 28.9 Å². The first-order chi connectivity index (χ1) is 11.4. The van der Waals surface area contributed by atoms with Gasteiger partial charge in [-0.15, -0.1) is 0 Å². The van der Waals surface area contributed by atoms with Gasteiger partial charge in [-0.3, -0.25) is 14.4 Å². The number of aliphatic carboxylic acids is 1. The number of hydrogen-bond donors (Lipinski definition) is 4. The van der Waals surface area contributed by atoms with Crippen LogP contribution in [0.3, 0.4) is 0 Å². The highest BCUT2D eigenvalue weighted by atomic mass is 79.9. The summed E-state index contributed by atoms with van der Waals surface area (Å²) in [7, 11) is 0. The fraction of sp³-hybridized carbons (Fsp3) is 0.400. The number of carboxylic acids is 1. The lowest BCUT2D eigenvalue weighted by molar-refractivity contribution is -0.138. The highest BCUT2D eigenvalue weighted by Crippen LogP contribution is 2.16. The van der Waals surface area contributed by atoms with E-state index in [-0.39, 0.29) is 18.9 Å². The number of benzene rings is 1. The molecular weight excluding hydrogens is 398 g/mol. The van der Waals surface area contributed by atoms with Crippen LogP contribution >= 0.6 is 27.7 Å². The van der Waals surface area contributed by atoms with E-state index >= 15 is 0 Å². The van der Waals surface area contributed by atoms with Crippen LogP contribution in [0.4, 0.5) is 0 Å². The lowest BCUT2D eigenvalue weighted by Crippen LogP contribution is -2.49. The van der Waals surface area contributed by atoms with E-state index in [2.05, 4.69) is 26.6 Å². The van der Waals surface area contributed by atoms with Crippen molar-refractivity contribution in [3.8, 4) is 0 Å². The molecule has 1 rings (SSSR count). The Kier molecular flexibility index (Phi) is 9.43. The topological polar surface area (TPSA) is 122 Å².